The molecule has 13 heavy (non-hydrogen) atoms. The van der Waals surface area contributed by atoms with E-state index < -0.39 is 0 Å². The van der Waals surface area contributed by atoms with Crippen molar-refractivity contribution >= 4 is 15.9 Å². The van der Waals surface area contributed by atoms with Gasteiger partial charge in [0.25, 0.3) is 0 Å². The monoisotopic (exact) mass is 244 g/mol. The van der Waals surface area contributed by atoms with Gasteiger partial charge in [0, 0.05) is 11.1 Å². The summed E-state index contributed by atoms with van der Waals surface area (Å²) < 4.78 is 14.2. The van der Waals surface area contributed by atoms with Crippen molar-refractivity contribution in [3.8, 4) is 0 Å². The molecule has 0 spiro atoms. The normalized spacial score (nSPS) is 26.1. The van der Waals surface area contributed by atoms with Gasteiger partial charge in [0.2, 0.25) is 0 Å². The Morgan fingerprint density at radius 1 is 1.54 bits per heavy atom. The molecule has 0 bridgehead atoms. The third-order valence-corrected chi connectivity index (χ3v) is 3.01. The van der Waals surface area contributed by atoms with Crippen LogP contribution >= 0.6 is 15.9 Å². The van der Waals surface area contributed by atoms with Gasteiger partial charge in [0.05, 0.1) is 0 Å². The summed E-state index contributed by atoms with van der Waals surface area (Å²) in [6.07, 6.45) is 0.907. The van der Waals surface area contributed by atoms with E-state index in [1.54, 1.807) is 12.1 Å². The topological polar surface area (TPSA) is 20.2 Å². The number of aliphatic hydroxyl groups excluding tert-OH is 1. The second-order valence-corrected chi connectivity index (χ2v) is 4.37. The number of benzene rings is 1. The van der Waals surface area contributed by atoms with E-state index in [0.29, 0.717) is 0 Å². The summed E-state index contributed by atoms with van der Waals surface area (Å²) in [6, 6.07) is 4.96. The molecule has 70 valence electrons. The molecular weight excluding hydrogens is 235 g/mol. The van der Waals surface area contributed by atoms with Crippen LogP contribution in [0.4, 0.5) is 4.39 Å². The predicted molar refractivity (Wildman–Crippen MR) is 52.0 cm³/mol. The highest BCUT2D eigenvalue weighted by Gasteiger charge is 2.39. The summed E-state index contributed by atoms with van der Waals surface area (Å²) >= 11 is 3.31. The van der Waals surface area contributed by atoms with Crippen LogP contribution in [0.5, 0.6) is 0 Å². The van der Waals surface area contributed by atoms with E-state index in [4.69, 9.17) is 5.11 Å². The Hall–Kier alpha value is -0.410. The molecule has 0 aliphatic heterocycles. The van der Waals surface area contributed by atoms with Gasteiger partial charge in [-0.2, -0.15) is 0 Å². The first-order valence-electron chi connectivity index (χ1n) is 4.28. The molecule has 0 saturated heterocycles. The summed E-state index contributed by atoms with van der Waals surface area (Å²) in [7, 11) is 0. The molecule has 0 heterocycles. The van der Waals surface area contributed by atoms with E-state index in [1.807, 2.05) is 0 Å². The Balaban J connectivity index is 2.25. The van der Waals surface area contributed by atoms with Crippen molar-refractivity contribution in [1.29, 1.82) is 0 Å². The molecule has 2 atom stereocenters. The van der Waals surface area contributed by atoms with Crippen LogP contribution in [0.2, 0.25) is 0 Å². The first kappa shape index (κ1) is 9.16. The van der Waals surface area contributed by atoms with Crippen LogP contribution in [0, 0.1) is 11.7 Å². The lowest BCUT2D eigenvalue weighted by Crippen LogP contribution is -1.92. The lowest BCUT2D eigenvalue weighted by molar-refractivity contribution is 0.273. The molecular formula is C10H10BrFO. The summed E-state index contributed by atoms with van der Waals surface area (Å²) in [5.74, 6) is 0.329. The number of aliphatic hydroxyl groups is 1. The zero-order chi connectivity index (χ0) is 9.42. The van der Waals surface area contributed by atoms with Crippen LogP contribution < -0.4 is 0 Å². The number of halogens is 2. The number of hydrogen-bond donors (Lipinski definition) is 1. The van der Waals surface area contributed by atoms with Crippen molar-refractivity contribution in [3.05, 3.63) is 34.1 Å². The molecule has 1 aromatic carbocycles. The quantitative estimate of drug-likeness (QED) is 0.849. The standard InChI is InChI=1S/C10H10BrFO/c11-7-1-2-10(12)9(4-7)8-3-6(8)5-13/h1-2,4,6,8,13H,3,5H2. The first-order valence-corrected chi connectivity index (χ1v) is 5.07. The molecule has 2 rings (SSSR count). The number of hydrogen-bond acceptors (Lipinski definition) is 1. The second kappa shape index (κ2) is 3.39. The smallest absolute Gasteiger partial charge is 0.126 e. The molecule has 1 fully saturated rings. The first-order chi connectivity index (χ1) is 6.22. The third-order valence-electron chi connectivity index (χ3n) is 2.51. The zero-order valence-electron chi connectivity index (χ0n) is 7.00. The van der Waals surface area contributed by atoms with E-state index in [1.165, 1.54) is 6.07 Å². The highest BCUT2D eigenvalue weighted by molar-refractivity contribution is 9.10. The Bertz CT molecular complexity index is 327. The highest BCUT2D eigenvalue weighted by atomic mass is 79.9. The molecule has 0 aromatic heterocycles. The van der Waals surface area contributed by atoms with Gasteiger partial charge in [-0.05, 0) is 42.0 Å². The highest BCUT2D eigenvalue weighted by Crippen LogP contribution is 2.48. The summed E-state index contributed by atoms with van der Waals surface area (Å²) in [4.78, 5) is 0. The minimum atomic E-state index is -0.163. The summed E-state index contributed by atoms with van der Waals surface area (Å²) in [5, 5.41) is 8.86. The Morgan fingerprint density at radius 2 is 2.31 bits per heavy atom. The van der Waals surface area contributed by atoms with Gasteiger partial charge in [-0.25, -0.2) is 4.39 Å². The van der Waals surface area contributed by atoms with Crippen molar-refractivity contribution in [2.24, 2.45) is 5.92 Å². The Morgan fingerprint density at radius 3 is 2.92 bits per heavy atom. The summed E-state index contributed by atoms with van der Waals surface area (Å²) in [6.45, 7) is 0.163. The van der Waals surface area contributed by atoms with E-state index in [-0.39, 0.29) is 24.3 Å². The van der Waals surface area contributed by atoms with Gasteiger partial charge in [0.15, 0.2) is 0 Å². The SMILES string of the molecule is OCC1CC1c1cc(Br)ccc1F. The molecule has 3 heteroatoms. The fourth-order valence-corrected chi connectivity index (χ4v) is 2.01. The lowest BCUT2D eigenvalue weighted by Gasteiger charge is -2.01. The van der Waals surface area contributed by atoms with Crippen LogP contribution in [-0.2, 0) is 0 Å². The van der Waals surface area contributed by atoms with Gasteiger partial charge in [0.1, 0.15) is 5.82 Å². The maximum atomic E-state index is 13.3. The van der Waals surface area contributed by atoms with Crippen molar-refractivity contribution < 1.29 is 9.50 Å². The Labute approximate surface area is 84.7 Å². The zero-order valence-corrected chi connectivity index (χ0v) is 8.59. The van der Waals surface area contributed by atoms with E-state index in [9.17, 15) is 4.39 Å². The molecule has 1 saturated carbocycles. The molecule has 1 aliphatic rings. The van der Waals surface area contributed by atoms with Gasteiger partial charge >= 0.3 is 0 Å². The van der Waals surface area contributed by atoms with Crippen molar-refractivity contribution in [1.82, 2.24) is 0 Å². The molecule has 1 N–H and O–H groups in total. The molecule has 0 amide bonds. The van der Waals surface area contributed by atoms with Crippen LogP contribution in [0.3, 0.4) is 0 Å². The van der Waals surface area contributed by atoms with Crippen LogP contribution in [0.1, 0.15) is 17.9 Å². The summed E-state index contributed by atoms with van der Waals surface area (Å²) in [5.41, 5.74) is 0.730. The van der Waals surface area contributed by atoms with Gasteiger partial charge < -0.3 is 5.11 Å². The largest absolute Gasteiger partial charge is 0.396 e. The van der Waals surface area contributed by atoms with Crippen molar-refractivity contribution in [2.75, 3.05) is 6.61 Å². The van der Waals surface area contributed by atoms with Crippen molar-refractivity contribution in [3.63, 3.8) is 0 Å². The van der Waals surface area contributed by atoms with E-state index in [2.05, 4.69) is 15.9 Å². The number of rotatable bonds is 2. The second-order valence-electron chi connectivity index (χ2n) is 3.45. The Kier molecular flexibility index (Phi) is 2.39. The van der Waals surface area contributed by atoms with Gasteiger partial charge in [-0.15, -0.1) is 0 Å². The maximum absolute atomic E-state index is 13.3. The maximum Gasteiger partial charge on any atom is 0.126 e. The van der Waals surface area contributed by atoms with Gasteiger partial charge in [-0.3, -0.25) is 0 Å². The minimum absolute atomic E-state index is 0.163. The fourth-order valence-electron chi connectivity index (χ4n) is 1.63. The van der Waals surface area contributed by atoms with Gasteiger partial charge in [-0.1, -0.05) is 15.9 Å². The lowest BCUT2D eigenvalue weighted by atomic mass is 10.1. The van der Waals surface area contributed by atoms with E-state index >= 15 is 0 Å². The molecule has 0 radical (unpaired) electrons. The van der Waals surface area contributed by atoms with E-state index in [0.717, 1.165) is 16.5 Å². The van der Waals surface area contributed by atoms with Crippen LogP contribution in [-0.4, -0.2) is 11.7 Å². The van der Waals surface area contributed by atoms with Crippen LogP contribution in [0.15, 0.2) is 22.7 Å². The minimum Gasteiger partial charge on any atom is -0.396 e. The van der Waals surface area contributed by atoms with Crippen LogP contribution in [0.25, 0.3) is 0 Å². The molecule has 1 nitrogen and oxygen atoms in total. The average molecular weight is 245 g/mol. The average Bonchev–Trinajstić information content (AvgIpc) is 2.88. The predicted octanol–water partition coefficient (Wildman–Crippen LogP) is 2.68. The third kappa shape index (κ3) is 1.76. The molecule has 1 aliphatic carbocycles. The van der Waals surface area contributed by atoms with Crippen molar-refractivity contribution in [2.45, 2.75) is 12.3 Å². The molecule has 2 unspecified atom stereocenters. The molecule has 1 aromatic rings. The fraction of sp³-hybridized carbons (Fsp3) is 0.400.